The van der Waals surface area contributed by atoms with E-state index in [1.54, 1.807) is 6.07 Å². The summed E-state index contributed by atoms with van der Waals surface area (Å²) < 4.78 is 4.63. The number of nitro groups is 1. The minimum atomic E-state index is -0.605. The lowest BCUT2D eigenvalue weighted by Crippen LogP contribution is -2.23. The Kier molecular flexibility index (Phi) is 4.39. The van der Waals surface area contributed by atoms with Crippen LogP contribution in [0.2, 0.25) is 5.02 Å². The molecule has 1 aromatic heterocycles. The molecule has 0 aliphatic rings. The summed E-state index contributed by atoms with van der Waals surface area (Å²) in [4.78, 5) is 22.4. The van der Waals surface area contributed by atoms with Gasteiger partial charge < -0.3 is 15.2 Å². The number of halogens is 1. The number of hydrogen-bond acceptors (Lipinski definition) is 6. The predicted octanol–water partition coefficient (Wildman–Crippen LogP) is 2.21. The first-order chi connectivity index (χ1) is 10.0. The minimum Gasteiger partial charge on any atom is -0.381 e. The van der Waals surface area contributed by atoms with Crippen LogP contribution in [0.5, 0.6) is 0 Å². The molecule has 0 fully saturated rings. The molecule has 0 aliphatic heterocycles. The summed E-state index contributed by atoms with van der Waals surface area (Å²) in [7, 11) is 1.51. The predicted molar refractivity (Wildman–Crippen MR) is 75.3 cm³/mol. The van der Waals surface area contributed by atoms with E-state index >= 15 is 0 Å². The Balaban J connectivity index is 2.23. The normalized spacial score (nSPS) is 10.2. The number of rotatable bonds is 5. The van der Waals surface area contributed by atoms with Gasteiger partial charge in [0.05, 0.1) is 16.5 Å². The Morgan fingerprint density at radius 2 is 2.29 bits per heavy atom. The number of nitro benzene ring substituents is 1. The molecule has 2 N–H and O–H groups in total. The number of aromatic nitrogens is 1. The lowest BCUT2D eigenvalue weighted by atomic mass is 10.1. The largest absolute Gasteiger partial charge is 0.381 e. The van der Waals surface area contributed by atoms with Crippen molar-refractivity contribution >= 4 is 28.9 Å². The third-order valence-electron chi connectivity index (χ3n) is 2.70. The Hall–Kier alpha value is -2.61. The number of anilines is 1. The molecule has 0 bridgehead atoms. The second-order valence-corrected chi connectivity index (χ2v) is 4.44. The van der Waals surface area contributed by atoms with Gasteiger partial charge in [0.25, 0.3) is 11.6 Å². The van der Waals surface area contributed by atoms with Crippen LogP contribution in [0.25, 0.3) is 0 Å². The number of benzene rings is 1. The summed E-state index contributed by atoms with van der Waals surface area (Å²) in [5.74, 6) is -0.495. The van der Waals surface area contributed by atoms with Crippen LogP contribution in [-0.4, -0.2) is 23.0 Å². The minimum absolute atomic E-state index is 0.0918. The van der Waals surface area contributed by atoms with Crippen LogP contribution < -0.4 is 10.6 Å². The molecule has 0 atom stereocenters. The Morgan fingerprint density at radius 1 is 1.52 bits per heavy atom. The molecular formula is C12H11ClN4O4. The summed E-state index contributed by atoms with van der Waals surface area (Å²) in [6.07, 6.45) is 1.38. The van der Waals surface area contributed by atoms with Crippen LogP contribution in [-0.2, 0) is 6.54 Å². The highest BCUT2D eigenvalue weighted by Crippen LogP contribution is 2.33. The average molecular weight is 311 g/mol. The molecule has 9 heteroatoms. The van der Waals surface area contributed by atoms with Crippen LogP contribution in [0, 0.1) is 10.1 Å². The van der Waals surface area contributed by atoms with Gasteiger partial charge in [-0.05, 0) is 6.07 Å². The summed E-state index contributed by atoms with van der Waals surface area (Å²) in [6.45, 7) is 0.147. The first-order valence-corrected chi connectivity index (χ1v) is 6.24. The SMILES string of the molecule is CNc1c(Cl)cc(C(=O)NCc2ccon2)cc1[N+](=O)[O-]. The number of carbonyl (C=O) groups excluding carboxylic acids is 1. The number of carbonyl (C=O) groups is 1. The maximum absolute atomic E-state index is 12.0. The first-order valence-electron chi connectivity index (χ1n) is 5.86. The highest BCUT2D eigenvalue weighted by molar-refractivity contribution is 6.34. The summed E-state index contributed by atoms with van der Waals surface area (Å²) in [6, 6.07) is 4.12. The molecule has 0 spiro atoms. The molecule has 21 heavy (non-hydrogen) atoms. The molecule has 1 aromatic carbocycles. The number of nitrogens with one attached hydrogen (secondary N) is 2. The van der Waals surface area contributed by atoms with Gasteiger partial charge in [0, 0.05) is 24.7 Å². The van der Waals surface area contributed by atoms with Crippen LogP contribution in [0.3, 0.4) is 0 Å². The molecule has 8 nitrogen and oxygen atoms in total. The summed E-state index contributed by atoms with van der Waals surface area (Å²) >= 11 is 5.95. The fraction of sp³-hybridized carbons (Fsp3) is 0.167. The third-order valence-corrected chi connectivity index (χ3v) is 3.00. The Labute approximate surface area is 124 Å². The number of hydrogen-bond donors (Lipinski definition) is 2. The van der Waals surface area contributed by atoms with Gasteiger partial charge in [-0.2, -0.15) is 0 Å². The van der Waals surface area contributed by atoms with Gasteiger partial charge in [0.15, 0.2) is 0 Å². The van der Waals surface area contributed by atoms with Gasteiger partial charge in [0.2, 0.25) is 0 Å². The van der Waals surface area contributed by atoms with E-state index in [9.17, 15) is 14.9 Å². The zero-order valence-corrected chi connectivity index (χ0v) is 11.7. The smallest absolute Gasteiger partial charge is 0.294 e. The van der Waals surface area contributed by atoms with Gasteiger partial charge in [-0.25, -0.2) is 0 Å². The lowest BCUT2D eigenvalue weighted by Gasteiger charge is -2.08. The van der Waals surface area contributed by atoms with Crippen molar-refractivity contribution in [3.05, 3.63) is 50.9 Å². The molecular weight excluding hydrogens is 300 g/mol. The van der Waals surface area contributed by atoms with Crippen LogP contribution >= 0.6 is 11.6 Å². The molecule has 0 unspecified atom stereocenters. The number of amides is 1. The Morgan fingerprint density at radius 3 is 2.86 bits per heavy atom. The van der Waals surface area contributed by atoms with Crippen LogP contribution in [0.4, 0.5) is 11.4 Å². The molecule has 2 rings (SSSR count). The van der Waals surface area contributed by atoms with Crippen LogP contribution in [0.1, 0.15) is 16.1 Å². The third kappa shape index (κ3) is 3.29. The second kappa shape index (κ2) is 6.23. The van der Waals surface area contributed by atoms with Crippen molar-refractivity contribution < 1.29 is 14.2 Å². The van der Waals surface area contributed by atoms with Crippen molar-refractivity contribution in [2.24, 2.45) is 0 Å². The molecule has 110 valence electrons. The topological polar surface area (TPSA) is 110 Å². The second-order valence-electron chi connectivity index (χ2n) is 4.03. The van der Waals surface area contributed by atoms with Gasteiger partial charge in [-0.15, -0.1) is 0 Å². The Bertz CT molecular complexity index is 672. The first kappa shape index (κ1) is 14.8. The molecule has 1 amide bonds. The fourth-order valence-electron chi connectivity index (χ4n) is 1.72. The maximum Gasteiger partial charge on any atom is 0.294 e. The molecule has 0 radical (unpaired) electrons. The monoisotopic (exact) mass is 310 g/mol. The van der Waals surface area contributed by atoms with E-state index < -0.39 is 10.8 Å². The van der Waals surface area contributed by atoms with Crippen molar-refractivity contribution in [2.45, 2.75) is 6.54 Å². The van der Waals surface area contributed by atoms with E-state index in [2.05, 4.69) is 20.3 Å². The molecule has 0 saturated carbocycles. The van der Waals surface area contributed by atoms with E-state index in [-0.39, 0.29) is 28.5 Å². The fourth-order valence-corrected chi connectivity index (χ4v) is 2.03. The molecule has 2 aromatic rings. The van der Waals surface area contributed by atoms with Crippen molar-refractivity contribution in [3.63, 3.8) is 0 Å². The van der Waals surface area contributed by atoms with Crippen molar-refractivity contribution in [1.82, 2.24) is 10.5 Å². The summed E-state index contributed by atoms with van der Waals surface area (Å²) in [5.41, 5.74) is 0.524. The van der Waals surface area contributed by atoms with Gasteiger partial charge in [-0.3, -0.25) is 14.9 Å². The van der Waals surface area contributed by atoms with Crippen molar-refractivity contribution in [1.29, 1.82) is 0 Å². The highest BCUT2D eigenvalue weighted by Gasteiger charge is 2.20. The van der Waals surface area contributed by atoms with Gasteiger partial charge in [0.1, 0.15) is 17.6 Å². The van der Waals surface area contributed by atoms with E-state index in [1.165, 1.54) is 19.4 Å². The standard InChI is InChI=1S/C12H11ClN4O4/c1-14-11-9(13)4-7(5-10(11)17(19)20)12(18)15-6-8-2-3-21-16-8/h2-5,14H,6H2,1H3,(H,15,18). The number of nitrogens with zero attached hydrogens (tertiary/aromatic N) is 2. The van der Waals surface area contributed by atoms with E-state index in [0.717, 1.165) is 6.07 Å². The summed E-state index contributed by atoms with van der Waals surface area (Å²) in [5, 5.41) is 19.9. The van der Waals surface area contributed by atoms with Gasteiger partial charge >= 0.3 is 0 Å². The van der Waals surface area contributed by atoms with E-state index in [4.69, 9.17) is 11.6 Å². The van der Waals surface area contributed by atoms with E-state index in [1.807, 2.05) is 0 Å². The lowest BCUT2D eigenvalue weighted by molar-refractivity contribution is -0.383. The highest BCUT2D eigenvalue weighted by atomic mass is 35.5. The zero-order valence-electron chi connectivity index (χ0n) is 10.9. The average Bonchev–Trinajstić information content (AvgIpc) is 2.96. The van der Waals surface area contributed by atoms with E-state index in [0.29, 0.717) is 5.69 Å². The van der Waals surface area contributed by atoms with Crippen molar-refractivity contribution in [3.8, 4) is 0 Å². The molecule has 1 heterocycles. The van der Waals surface area contributed by atoms with Crippen LogP contribution in [0.15, 0.2) is 29.0 Å². The van der Waals surface area contributed by atoms with Gasteiger partial charge in [-0.1, -0.05) is 16.8 Å². The van der Waals surface area contributed by atoms with Crippen molar-refractivity contribution in [2.75, 3.05) is 12.4 Å². The molecule has 0 aliphatic carbocycles. The molecule has 0 saturated heterocycles. The quantitative estimate of drug-likeness (QED) is 0.647. The zero-order chi connectivity index (χ0) is 15.4. The maximum atomic E-state index is 12.0.